The molecule has 1 aromatic rings. The lowest BCUT2D eigenvalue weighted by Gasteiger charge is -2.05. The van der Waals surface area contributed by atoms with Gasteiger partial charge in [0.2, 0.25) is 0 Å². The summed E-state index contributed by atoms with van der Waals surface area (Å²) in [4.78, 5) is 12.8. The SMILES string of the molecule is CCc1sc(C(N)=O)c(CC(C)C)c1C#N. The van der Waals surface area contributed by atoms with E-state index in [2.05, 4.69) is 19.9 Å². The van der Waals surface area contributed by atoms with Crippen LogP contribution in [0.1, 0.15) is 46.4 Å². The number of hydrogen-bond acceptors (Lipinski definition) is 3. The summed E-state index contributed by atoms with van der Waals surface area (Å²) in [6, 6.07) is 2.20. The van der Waals surface area contributed by atoms with E-state index in [1.54, 1.807) is 0 Å². The van der Waals surface area contributed by atoms with Crippen LogP contribution in [0, 0.1) is 17.2 Å². The first-order valence-electron chi connectivity index (χ1n) is 5.35. The molecule has 0 spiro atoms. The van der Waals surface area contributed by atoms with Gasteiger partial charge in [-0.2, -0.15) is 5.26 Å². The zero-order valence-electron chi connectivity index (χ0n) is 9.83. The molecule has 0 saturated carbocycles. The first kappa shape index (κ1) is 12.7. The van der Waals surface area contributed by atoms with E-state index in [0.29, 0.717) is 16.4 Å². The molecule has 16 heavy (non-hydrogen) atoms. The number of carbonyl (C=O) groups is 1. The molecular weight excluding hydrogens is 220 g/mol. The Morgan fingerprint density at radius 1 is 1.56 bits per heavy atom. The van der Waals surface area contributed by atoms with Crippen LogP contribution in [0.25, 0.3) is 0 Å². The lowest BCUT2D eigenvalue weighted by Crippen LogP contribution is -2.12. The number of nitrogens with two attached hydrogens (primary N) is 1. The number of thiophene rings is 1. The number of primary amides is 1. The molecule has 0 aliphatic rings. The number of aryl methyl sites for hydroxylation is 1. The van der Waals surface area contributed by atoms with Crippen molar-refractivity contribution < 1.29 is 4.79 Å². The molecule has 86 valence electrons. The lowest BCUT2D eigenvalue weighted by atomic mass is 9.98. The van der Waals surface area contributed by atoms with Crippen molar-refractivity contribution in [2.75, 3.05) is 0 Å². The Morgan fingerprint density at radius 3 is 2.56 bits per heavy atom. The fraction of sp³-hybridized carbons (Fsp3) is 0.500. The molecule has 1 rings (SSSR count). The highest BCUT2D eigenvalue weighted by atomic mass is 32.1. The van der Waals surface area contributed by atoms with Crippen molar-refractivity contribution in [3.63, 3.8) is 0 Å². The van der Waals surface area contributed by atoms with Gasteiger partial charge in [0.1, 0.15) is 6.07 Å². The minimum absolute atomic E-state index is 0.407. The molecular formula is C12H16N2OS. The first-order chi connectivity index (χ1) is 7.51. The average molecular weight is 236 g/mol. The smallest absolute Gasteiger partial charge is 0.259 e. The minimum atomic E-state index is -0.420. The molecule has 0 saturated heterocycles. The standard InChI is InChI=1S/C12H16N2OS/c1-4-10-9(6-13)8(5-7(2)3)11(16-10)12(14)15/h7H,4-5H2,1-3H3,(H2,14,15). The van der Waals surface area contributed by atoms with Gasteiger partial charge < -0.3 is 5.73 Å². The number of carbonyl (C=O) groups excluding carboxylic acids is 1. The number of hydrogen-bond donors (Lipinski definition) is 1. The fourth-order valence-electron chi connectivity index (χ4n) is 1.70. The van der Waals surface area contributed by atoms with Gasteiger partial charge in [-0.15, -0.1) is 11.3 Å². The summed E-state index contributed by atoms with van der Waals surface area (Å²) in [7, 11) is 0. The third-order valence-corrected chi connectivity index (χ3v) is 3.74. The van der Waals surface area contributed by atoms with Gasteiger partial charge in [-0.3, -0.25) is 4.79 Å². The van der Waals surface area contributed by atoms with E-state index in [4.69, 9.17) is 11.0 Å². The number of rotatable bonds is 4. The lowest BCUT2D eigenvalue weighted by molar-refractivity contribution is 0.100. The maximum atomic E-state index is 11.3. The van der Waals surface area contributed by atoms with Gasteiger partial charge in [0, 0.05) is 4.88 Å². The summed E-state index contributed by atoms with van der Waals surface area (Å²) in [5, 5.41) is 9.14. The zero-order chi connectivity index (χ0) is 12.3. The Kier molecular flexibility index (Phi) is 4.08. The summed E-state index contributed by atoms with van der Waals surface area (Å²) in [6.07, 6.45) is 1.50. The van der Waals surface area contributed by atoms with Crippen molar-refractivity contribution >= 4 is 17.2 Å². The molecule has 2 N–H and O–H groups in total. The molecule has 1 amide bonds. The Labute approximate surface area is 99.9 Å². The summed E-state index contributed by atoms with van der Waals surface area (Å²) in [5.74, 6) is -0.0126. The predicted octanol–water partition coefficient (Wildman–Crippen LogP) is 2.48. The van der Waals surface area contributed by atoms with Crippen LogP contribution in [0.5, 0.6) is 0 Å². The molecule has 3 nitrogen and oxygen atoms in total. The van der Waals surface area contributed by atoms with Gasteiger partial charge in [-0.05, 0) is 24.3 Å². The van der Waals surface area contributed by atoms with Crippen molar-refractivity contribution in [3.8, 4) is 6.07 Å². The molecule has 0 unspecified atom stereocenters. The van der Waals surface area contributed by atoms with Crippen molar-refractivity contribution in [3.05, 3.63) is 20.9 Å². The minimum Gasteiger partial charge on any atom is -0.365 e. The maximum absolute atomic E-state index is 11.3. The van der Waals surface area contributed by atoms with E-state index in [0.717, 1.165) is 23.3 Å². The molecule has 0 aromatic carbocycles. The summed E-state index contributed by atoms with van der Waals surface area (Å²) < 4.78 is 0. The van der Waals surface area contributed by atoms with Crippen molar-refractivity contribution in [2.45, 2.75) is 33.6 Å². The number of nitrogens with zero attached hydrogens (tertiary/aromatic N) is 1. The molecule has 4 heteroatoms. The van der Waals surface area contributed by atoms with E-state index in [-0.39, 0.29) is 0 Å². The Hall–Kier alpha value is -1.34. The zero-order valence-corrected chi connectivity index (χ0v) is 10.6. The third-order valence-electron chi connectivity index (χ3n) is 2.35. The second kappa shape index (κ2) is 5.13. The average Bonchev–Trinajstić information content (AvgIpc) is 2.54. The molecule has 0 radical (unpaired) electrons. The van der Waals surface area contributed by atoms with Crippen molar-refractivity contribution in [1.29, 1.82) is 5.26 Å². The summed E-state index contributed by atoms with van der Waals surface area (Å²) in [6.45, 7) is 6.11. The third kappa shape index (κ3) is 2.42. The Bertz CT molecular complexity index is 441. The highest BCUT2D eigenvalue weighted by Crippen LogP contribution is 2.30. The van der Waals surface area contributed by atoms with E-state index in [9.17, 15) is 4.79 Å². The highest BCUT2D eigenvalue weighted by molar-refractivity contribution is 7.14. The normalized spacial score (nSPS) is 10.4. The second-order valence-electron chi connectivity index (χ2n) is 4.14. The van der Waals surface area contributed by atoms with Gasteiger partial charge in [0.05, 0.1) is 10.4 Å². The molecule has 0 atom stereocenters. The summed E-state index contributed by atoms with van der Waals surface area (Å²) in [5.41, 5.74) is 6.85. The first-order valence-corrected chi connectivity index (χ1v) is 6.17. The molecule has 1 heterocycles. The molecule has 1 aromatic heterocycles. The number of nitriles is 1. The Morgan fingerprint density at radius 2 is 2.19 bits per heavy atom. The predicted molar refractivity (Wildman–Crippen MR) is 65.5 cm³/mol. The van der Waals surface area contributed by atoms with Crippen LogP contribution in [0.15, 0.2) is 0 Å². The van der Waals surface area contributed by atoms with Gasteiger partial charge in [0.15, 0.2) is 0 Å². The van der Waals surface area contributed by atoms with Crippen LogP contribution in [-0.2, 0) is 12.8 Å². The van der Waals surface area contributed by atoms with E-state index in [1.165, 1.54) is 11.3 Å². The van der Waals surface area contributed by atoms with Crippen LogP contribution in [0.2, 0.25) is 0 Å². The topological polar surface area (TPSA) is 66.9 Å². The quantitative estimate of drug-likeness (QED) is 0.872. The summed E-state index contributed by atoms with van der Waals surface area (Å²) >= 11 is 1.36. The van der Waals surface area contributed by atoms with Crippen molar-refractivity contribution in [2.24, 2.45) is 11.7 Å². The van der Waals surface area contributed by atoms with Crippen LogP contribution in [0.4, 0.5) is 0 Å². The highest BCUT2D eigenvalue weighted by Gasteiger charge is 2.20. The van der Waals surface area contributed by atoms with Gasteiger partial charge in [-0.1, -0.05) is 20.8 Å². The fourth-order valence-corrected chi connectivity index (χ4v) is 2.77. The van der Waals surface area contributed by atoms with E-state index in [1.807, 2.05) is 6.92 Å². The maximum Gasteiger partial charge on any atom is 0.259 e. The second-order valence-corrected chi connectivity index (χ2v) is 5.24. The molecule has 0 aliphatic heterocycles. The monoisotopic (exact) mass is 236 g/mol. The van der Waals surface area contributed by atoms with Crippen molar-refractivity contribution in [1.82, 2.24) is 0 Å². The van der Waals surface area contributed by atoms with Crippen LogP contribution in [0.3, 0.4) is 0 Å². The molecule has 0 bridgehead atoms. The van der Waals surface area contributed by atoms with Crippen LogP contribution < -0.4 is 5.73 Å². The van der Waals surface area contributed by atoms with E-state index < -0.39 is 5.91 Å². The number of amides is 1. The Balaban J connectivity index is 3.34. The molecule has 0 aliphatic carbocycles. The van der Waals surface area contributed by atoms with Gasteiger partial charge in [0.25, 0.3) is 5.91 Å². The van der Waals surface area contributed by atoms with E-state index >= 15 is 0 Å². The van der Waals surface area contributed by atoms with Crippen LogP contribution in [-0.4, -0.2) is 5.91 Å². The van der Waals surface area contributed by atoms with Crippen LogP contribution >= 0.6 is 11.3 Å². The molecule has 0 fully saturated rings. The largest absolute Gasteiger partial charge is 0.365 e. The van der Waals surface area contributed by atoms with Gasteiger partial charge >= 0.3 is 0 Å². The van der Waals surface area contributed by atoms with Gasteiger partial charge in [-0.25, -0.2) is 0 Å².